The van der Waals surface area contributed by atoms with Gasteiger partial charge in [0.25, 0.3) is 0 Å². The zero-order valence-corrected chi connectivity index (χ0v) is 10.1. The summed E-state index contributed by atoms with van der Waals surface area (Å²) in [5.74, 6) is -1.12. The number of phenolic OH excluding ortho intramolecular Hbond substituents is 1. The predicted octanol–water partition coefficient (Wildman–Crippen LogP) is 1.15. The molecule has 3 N–H and O–H groups in total. The lowest BCUT2D eigenvalue weighted by molar-refractivity contribution is -0.146. The molecule has 0 fully saturated rings. The SMILES string of the molecule is COc1cc(CC(O)C(=O)O)cc(Br)c1O. The van der Waals surface area contributed by atoms with Gasteiger partial charge in [0.05, 0.1) is 11.6 Å². The van der Waals surface area contributed by atoms with Gasteiger partial charge in [-0.05, 0) is 33.6 Å². The van der Waals surface area contributed by atoms with Crippen molar-refractivity contribution < 1.29 is 24.9 Å². The van der Waals surface area contributed by atoms with Gasteiger partial charge in [0.2, 0.25) is 0 Å². The maximum absolute atomic E-state index is 10.5. The van der Waals surface area contributed by atoms with Crippen molar-refractivity contribution in [3.05, 3.63) is 22.2 Å². The first-order chi connectivity index (χ1) is 7.45. The van der Waals surface area contributed by atoms with E-state index < -0.39 is 12.1 Å². The zero-order valence-electron chi connectivity index (χ0n) is 8.48. The molecule has 88 valence electrons. The number of hydrogen-bond acceptors (Lipinski definition) is 4. The minimum absolute atomic E-state index is 0.0510. The number of phenols is 1. The molecule has 1 rings (SSSR count). The molecule has 1 unspecified atom stereocenters. The van der Waals surface area contributed by atoms with Crippen molar-refractivity contribution in [2.75, 3.05) is 7.11 Å². The van der Waals surface area contributed by atoms with E-state index in [1.807, 2.05) is 0 Å². The summed E-state index contributed by atoms with van der Waals surface area (Å²) in [5, 5.41) is 27.3. The van der Waals surface area contributed by atoms with Gasteiger partial charge in [-0.15, -0.1) is 0 Å². The molecule has 0 bridgehead atoms. The Morgan fingerprint density at radius 2 is 2.19 bits per heavy atom. The molecule has 0 saturated heterocycles. The van der Waals surface area contributed by atoms with E-state index in [2.05, 4.69) is 15.9 Å². The van der Waals surface area contributed by atoms with Gasteiger partial charge in [0, 0.05) is 6.42 Å². The third-order valence-electron chi connectivity index (χ3n) is 2.02. The summed E-state index contributed by atoms with van der Waals surface area (Å²) in [7, 11) is 1.39. The number of ether oxygens (including phenoxy) is 1. The van der Waals surface area contributed by atoms with E-state index in [1.165, 1.54) is 19.2 Å². The fourth-order valence-corrected chi connectivity index (χ4v) is 1.70. The van der Waals surface area contributed by atoms with Crippen molar-refractivity contribution in [3.63, 3.8) is 0 Å². The van der Waals surface area contributed by atoms with Crippen LogP contribution in [0, 0.1) is 0 Å². The van der Waals surface area contributed by atoms with Gasteiger partial charge < -0.3 is 20.1 Å². The molecule has 0 aromatic heterocycles. The Hall–Kier alpha value is -1.27. The molecule has 6 heteroatoms. The average Bonchev–Trinajstić information content (AvgIpc) is 2.22. The van der Waals surface area contributed by atoms with Crippen molar-refractivity contribution in [1.29, 1.82) is 0 Å². The van der Waals surface area contributed by atoms with Crippen LogP contribution in [-0.2, 0) is 11.2 Å². The Labute approximate surface area is 100 Å². The summed E-state index contributed by atoms with van der Waals surface area (Å²) in [4.78, 5) is 10.5. The van der Waals surface area contributed by atoms with Gasteiger partial charge in [-0.1, -0.05) is 0 Å². The van der Waals surface area contributed by atoms with Crippen LogP contribution in [0.15, 0.2) is 16.6 Å². The highest BCUT2D eigenvalue weighted by Crippen LogP contribution is 2.35. The van der Waals surface area contributed by atoms with Crippen LogP contribution < -0.4 is 4.74 Å². The van der Waals surface area contributed by atoms with Gasteiger partial charge in [-0.2, -0.15) is 0 Å². The van der Waals surface area contributed by atoms with Crippen molar-refractivity contribution in [1.82, 2.24) is 0 Å². The molecule has 0 aliphatic heterocycles. The van der Waals surface area contributed by atoms with E-state index in [9.17, 15) is 15.0 Å². The molecule has 0 heterocycles. The number of carboxylic acid groups (broad SMARTS) is 1. The average molecular weight is 291 g/mol. The fourth-order valence-electron chi connectivity index (χ4n) is 1.21. The van der Waals surface area contributed by atoms with Crippen molar-refractivity contribution in [2.45, 2.75) is 12.5 Å². The molecule has 1 aromatic carbocycles. The lowest BCUT2D eigenvalue weighted by Gasteiger charge is -2.10. The second-order valence-corrected chi connectivity index (χ2v) is 4.04. The maximum atomic E-state index is 10.5. The van der Waals surface area contributed by atoms with Crippen LogP contribution in [0.3, 0.4) is 0 Å². The van der Waals surface area contributed by atoms with Gasteiger partial charge in [-0.25, -0.2) is 4.79 Å². The number of aliphatic hydroxyl groups is 1. The summed E-state index contributed by atoms with van der Waals surface area (Å²) >= 11 is 3.11. The number of rotatable bonds is 4. The van der Waals surface area contributed by atoms with E-state index in [4.69, 9.17) is 9.84 Å². The van der Waals surface area contributed by atoms with E-state index in [1.54, 1.807) is 0 Å². The molecule has 1 aromatic rings. The first-order valence-corrected chi connectivity index (χ1v) is 5.21. The van der Waals surface area contributed by atoms with Crippen LogP contribution in [0.1, 0.15) is 5.56 Å². The summed E-state index contributed by atoms with van der Waals surface area (Å²) in [5.41, 5.74) is 0.552. The van der Waals surface area contributed by atoms with Gasteiger partial charge in [0.1, 0.15) is 0 Å². The Morgan fingerprint density at radius 3 is 2.69 bits per heavy atom. The molecule has 0 aliphatic rings. The van der Waals surface area contributed by atoms with E-state index >= 15 is 0 Å². The number of carbonyl (C=O) groups is 1. The number of aromatic hydroxyl groups is 1. The largest absolute Gasteiger partial charge is 0.503 e. The third kappa shape index (κ3) is 2.86. The molecular weight excluding hydrogens is 280 g/mol. The number of halogens is 1. The zero-order chi connectivity index (χ0) is 12.3. The van der Waals surface area contributed by atoms with Crippen LogP contribution in [0.5, 0.6) is 11.5 Å². The van der Waals surface area contributed by atoms with Crippen molar-refractivity contribution in [3.8, 4) is 11.5 Å². The molecule has 1 atom stereocenters. The summed E-state index contributed by atoms with van der Waals surface area (Å²) in [6, 6.07) is 3.01. The van der Waals surface area contributed by atoms with Gasteiger partial charge >= 0.3 is 5.97 Å². The molecule has 0 aliphatic carbocycles. The van der Waals surface area contributed by atoms with Crippen LogP contribution in [0.2, 0.25) is 0 Å². The normalized spacial score (nSPS) is 12.2. The minimum Gasteiger partial charge on any atom is -0.503 e. The van der Waals surface area contributed by atoms with E-state index in [-0.39, 0.29) is 17.9 Å². The van der Waals surface area contributed by atoms with Crippen LogP contribution >= 0.6 is 15.9 Å². The van der Waals surface area contributed by atoms with E-state index in [0.717, 1.165) is 0 Å². The maximum Gasteiger partial charge on any atom is 0.332 e. The van der Waals surface area contributed by atoms with Gasteiger partial charge in [0.15, 0.2) is 17.6 Å². The monoisotopic (exact) mass is 290 g/mol. The Balaban J connectivity index is 2.98. The second-order valence-electron chi connectivity index (χ2n) is 3.19. The number of aliphatic hydroxyl groups excluding tert-OH is 1. The van der Waals surface area contributed by atoms with Crippen molar-refractivity contribution >= 4 is 21.9 Å². The lowest BCUT2D eigenvalue weighted by Crippen LogP contribution is -2.21. The predicted molar refractivity (Wildman–Crippen MR) is 59.7 cm³/mol. The molecule has 5 nitrogen and oxygen atoms in total. The highest BCUT2D eigenvalue weighted by molar-refractivity contribution is 9.10. The molecule has 0 amide bonds. The topological polar surface area (TPSA) is 87.0 Å². The van der Waals surface area contributed by atoms with E-state index in [0.29, 0.717) is 10.0 Å². The molecule has 0 spiro atoms. The number of methoxy groups -OCH3 is 1. The number of hydrogen-bond donors (Lipinski definition) is 3. The third-order valence-corrected chi connectivity index (χ3v) is 2.63. The van der Waals surface area contributed by atoms with Crippen LogP contribution in [-0.4, -0.2) is 34.5 Å². The first kappa shape index (κ1) is 12.8. The van der Waals surface area contributed by atoms with Crippen LogP contribution in [0.4, 0.5) is 0 Å². The first-order valence-electron chi connectivity index (χ1n) is 4.42. The Bertz CT molecular complexity index is 404. The Kier molecular flexibility index (Phi) is 4.14. The number of aliphatic carboxylic acids is 1. The molecular formula is C10H11BrO5. The van der Waals surface area contributed by atoms with Crippen molar-refractivity contribution in [2.24, 2.45) is 0 Å². The minimum atomic E-state index is -1.47. The summed E-state index contributed by atoms with van der Waals surface area (Å²) in [6.07, 6.45) is -1.52. The second kappa shape index (κ2) is 5.18. The molecule has 16 heavy (non-hydrogen) atoms. The standard InChI is InChI=1S/C10H11BrO5/c1-16-8-4-5(2-6(11)9(8)13)3-7(12)10(14)15/h2,4,7,12-13H,3H2,1H3,(H,14,15). The smallest absolute Gasteiger partial charge is 0.332 e. The number of benzene rings is 1. The molecule has 0 saturated carbocycles. The van der Waals surface area contributed by atoms with Gasteiger partial charge in [-0.3, -0.25) is 0 Å². The summed E-state index contributed by atoms with van der Waals surface area (Å²) < 4.78 is 5.29. The quantitative estimate of drug-likeness (QED) is 0.774. The van der Waals surface area contributed by atoms with Crippen LogP contribution in [0.25, 0.3) is 0 Å². The Morgan fingerprint density at radius 1 is 1.56 bits per heavy atom. The fraction of sp³-hybridized carbons (Fsp3) is 0.300. The highest BCUT2D eigenvalue weighted by atomic mass is 79.9. The number of carboxylic acids is 1. The molecule has 0 radical (unpaired) electrons. The summed E-state index contributed by atoms with van der Waals surface area (Å²) in [6.45, 7) is 0. The highest BCUT2D eigenvalue weighted by Gasteiger charge is 2.16. The lowest BCUT2D eigenvalue weighted by atomic mass is 10.1.